The Morgan fingerprint density at radius 3 is 2.62 bits per heavy atom. The molecule has 1 aliphatic heterocycles. The number of aliphatic hydroxyl groups is 1. The molecule has 3 rings (SSSR count). The van der Waals surface area contributed by atoms with Crippen molar-refractivity contribution in [2.24, 2.45) is 0 Å². The Balaban J connectivity index is 1.48. The van der Waals surface area contributed by atoms with Crippen molar-refractivity contribution in [3.8, 4) is 11.5 Å². The van der Waals surface area contributed by atoms with E-state index in [-0.39, 0.29) is 12.5 Å². The summed E-state index contributed by atoms with van der Waals surface area (Å²) in [5, 5.41) is 13.0. The Morgan fingerprint density at radius 1 is 1.08 bits per heavy atom. The molecule has 1 heterocycles. The van der Waals surface area contributed by atoms with Gasteiger partial charge in [-0.05, 0) is 29.7 Å². The van der Waals surface area contributed by atoms with Gasteiger partial charge >= 0.3 is 0 Å². The molecule has 2 aromatic carbocycles. The zero-order valence-electron chi connectivity index (χ0n) is 13.4. The fraction of sp³-hybridized carbons (Fsp3) is 0.316. The lowest BCUT2D eigenvalue weighted by Gasteiger charge is -2.20. The van der Waals surface area contributed by atoms with Crippen LogP contribution in [0.25, 0.3) is 0 Å². The lowest BCUT2D eigenvalue weighted by Crippen LogP contribution is -2.28. The second-order valence-electron chi connectivity index (χ2n) is 5.71. The molecule has 0 unspecified atom stereocenters. The Bertz CT molecular complexity index is 687. The molecule has 2 N–H and O–H groups in total. The second kappa shape index (κ2) is 7.84. The average molecular weight is 327 g/mol. The molecule has 0 saturated heterocycles. The molecule has 2 aromatic rings. The summed E-state index contributed by atoms with van der Waals surface area (Å²) in [6.07, 6.45) is 0.312. The SMILES string of the molecule is O=C(CCc1ccccc1)NC[C@@H](O)c1ccc2c(c1)OCCO2. The van der Waals surface area contributed by atoms with Crippen LogP contribution >= 0.6 is 0 Å². The van der Waals surface area contributed by atoms with Crippen molar-refractivity contribution < 1.29 is 19.4 Å². The Hall–Kier alpha value is -2.53. The lowest BCUT2D eigenvalue weighted by atomic mass is 10.1. The highest BCUT2D eigenvalue weighted by molar-refractivity contribution is 5.76. The van der Waals surface area contributed by atoms with E-state index in [1.165, 1.54) is 0 Å². The molecule has 5 heteroatoms. The number of carbonyl (C=O) groups excluding carboxylic acids is 1. The number of nitrogens with one attached hydrogen (secondary N) is 1. The molecule has 0 spiro atoms. The third-order valence-electron chi connectivity index (χ3n) is 3.93. The molecular weight excluding hydrogens is 306 g/mol. The molecular formula is C19H21NO4. The van der Waals surface area contributed by atoms with Crippen molar-refractivity contribution in [1.82, 2.24) is 5.32 Å². The van der Waals surface area contributed by atoms with E-state index >= 15 is 0 Å². The van der Waals surface area contributed by atoms with E-state index in [1.807, 2.05) is 30.3 Å². The van der Waals surface area contributed by atoms with Gasteiger partial charge in [-0.3, -0.25) is 4.79 Å². The van der Waals surface area contributed by atoms with Crippen LogP contribution in [-0.4, -0.2) is 30.8 Å². The van der Waals surface area contributed by atoms with E-state index in [9.17, 15) is 9.90 Å². The van der Waals surface area contributed by atoms with E-state index in [4.69, 9.17) is 9.47 Å². The maximum Gasteiger partial charge on any atom is 0.220 e. The second-order valence-corrected chi connectivity index (χ2v) is 5.71. The van der Waals surface area contributed by atoms with E-state index in [0.29, 0.717) is 43.1 Å². The number of carbonyl (C=O) groups is 1. The molecule has 24 heavy (non-hydrogen) atoms. The average Bonchev–Trinajstić information content (AvgIpc) is 2.65. The minimum absolute atomic E-state index is 0.0737. The zero-order valence-corrected chi connectivity index (χ0v) is 13.4. The van der Waals surface area contributed by atoms with Crippen molar-refractivity contribution in [2.75, 3.05) is 19.8 Å². The van der Waals surface area contributed by atoms with E-state index in [1.54, 1.807) is 18.2 Å². The quantitative estimate of drug-likeness (QED) is 0.854. The van der Waals surface area contributed by atoms with Gasteiger partial charge < -0.3 is 19.9 Å². The minimum atomic E-state index is -0.776. The maximum atomic E-state index is 11.9. The Kier molecular flexibility index (Phi) is 5.33. The molecule has 1 amide bonds. The molecule has 126 valence electrons. The summed E-state index contributed by atoms with van der Waals surface area (Å²) >= 11 is 0. The summed E-state index contributed by atoms with van der Waals surface area (Å²) in [5.74, 6) is 1.24. The fourth-order valence-corrected chi connectivity index (χ4v) is 2.59. The third-order valence-corrected chi connectivity index (χ3v) is 3.93. The predicted molar refractivity (Wildman–Crippen MR) is 90.2 cm³/mol. The van der Waals surface area contributed by atoms with Crippen LogP contribution in [0.15, 0.2) is 48.5 Å². The number of ether oxygens (including phenoxy) is 2. The first-order valence-corrected chi connectivity index (χ1v) is 8.10. The van der Waals surface area contributed by atoms with Crippen molar-refractivity contribution >= 4 is 5.91 Å². The van der Waals surface area contributed by atoms with Gasteiger partial charge in [0.25, 0.3) is 0 Å². The number of fused-ring (bicyclic) bond motifs is 1. The molecule has 0 aromatic heterocycles. The number of aliphatic hydroxyl groups excluding tert-OH is 1. The van der Waals surface area contributed by atoms with Gasteiger partial charge in [0.15, 0.2) is 11.5 Å². The monoisotopic (exact) mass is 327 g/mol. The molecule has 0 bridgehead atoms. The predicted octanol–water partition coefficient (Wildman–Crippen LogP) is 2.24. The van der Waals surface area contributed by atoms with Gasteiger partial charge in [-0.25, -0.2) is 0 Å². The Labute approximate surface area is 141 Å². The molecule has 0 radical (unpaired) electrons. The van der Waals surface area contributed by atoms with Crippen LogP contribution in [0.2, 0.25) is 0 Å². The zero-order chi connectivity index (χ0) is 16.8. The van der Waals surface area contributed by atoms with Gasteiger partial charge in [-0.15, -0.1) is 0 Å². The van der Waals surface area contributed by atoms with Gasteiger partial charge in [-0.2, -0.15) is 0 Å². The highest BCUT2D eigenvalue weighted by Gasteiger charge is 2.16. The molecule has 0 aliphatic carbocycles. The van der Waals surface area contributed by atoms with Gasteiger partial charge in [0.05, 0.1) is 6.10 Å². The number of hydrogen-bond acceptors (Lipinski definition) is 4. The van der Waals surface area contributed by atoms with Gasteiger partial charge in [0, 0.05) is 13.0 Å². The Morgan fingerprint density at radius 2 is 1.83 bits per heavy atom. The number of hydrogen-bond donors (Lipinski definition) is 2. The number of rotatable bonds is 6. The van der Waals surface area contributed by atoms with Gasteiger partial charge in [0.1, 0.15) is 13.2 Å². The first-order valence-electron chi connectivity index (χ1n) is 8.10. The topological polar surface area (TPSA) is 67.8 Å². The molecule has 0 fully saturated rings. The number of aryl methyl sites for hydroxylation is 1. The summed E-state index contributed by atoms with van der Waals surface area (Å²) in [5.41, 5.74) is 1.82. The normalized spacial score (nSPS) is 14.0. The number of benzene rings is 2. The van der Waals surface area contributed by atoms with Crippen LogP contribution in [0.5, 0.6) is 11.5 Å². The third kappa shape index (κ3) is 4.26. The lowest BCUT2D eigenvalue weighted by molar-refractivity contribution is -0.121. The van der Waals surface area contributed by atoms with Gasteiger partial charge in [0.2, 0.25) is 5.91 Å². The molecule has 5 nitrogen and oxygen atoms in total. The van der Waals surface area contributed by atoms with Crippen LogP contribution < -0.4 is 14.8 Å². The van der Waals surface area contributed by atoms with E-state index in [2.05, 4.69) is 5.32 Å². The van der Waals surface area contributed by atoms with Crippen LogP contribution in [0, 0.1) is 0 Å². The number of amides is 1. The summed E-state index contributed by atoms with van der Waals surface area (Å²) in [6, 6.07) is 15.2. The fourth-order valence-electron chi connectivity index (χ4n) is 2.59. The smallest absolute Gasteiger partial charge is 0.220 e. The summed E-state index contributed by atoms with van der Waals surface area (Å²) in [7, 11) is 0. The standard InChI is InChI=1S/C19H21NO4/c21-16(15-7-8-17-18(12-15)24-11-10-23-17)13-20-19(22)9-6-14-4-2-1-3-5-14/h1-5,7-8,12,16,21H,6,9-11,13H2,(H,20,22)/t16-/m1/s1. The van der Waals surface area contributed by atoms with Crippen molar-refractivity contribution in [2.45, 2.75) is 18.9 Å². The highest BCUT2D eigenvalue weighted by atomic mass is 16.6. The van der Waals surface area contributed by atoms with Crippen molar-refractivity contribution in [3.63, 3.8) is 0 Å². The molecule has 0 saturated carbocycles. The van der Waals surface area contributed by atoms with E-state index in [0.717, 1.165) is 5.56 Å². The summed E-state index contributed by atoms with van der Waals surface area (Å²) < 4.78 is 11.0. The minimum Gasteiger partial charge on any atom is -0.486 e. The van der Waals surface area contributed by atoms with Gasteiger partial charge in [-0.1, -0.05) is 36.4 Å². The van der Waals surface area contributed by atoms with E-state index < -0.39 is 6.10 Å². The maximum absolute atomic E-state index is 11.9. The van der Waals surface area contributed by atoms with Crippen molar-refractivity contribution in [1.29, 1.82) is 0 Å². The van der Waals surface area contributed by atoms with Crippen LogP contribution in [0.3, 0.4) is 0 Å². The van der Waals surface area contributed by atoms with Crippen molar-refractivity contribution in [3.05, 3.63) is 59.7 Å². The molecule has 1 atom stereocenters. The first-order chi connectivity index (χ1) is 11.7. The largest absolute Gasteiger partial charge is 0.486 e. The highest BCUT2D eigenvalue weighted by Crippen LogP contribution is 2.32. The van der Waals surface area contributed by atoms with Crippen LogP contribution in [0.4, 0.5) is 0 Å². The molecule has 1 aliphatic rings. The van der Waals surface area contributed by atoms with Crippen LogP contribution in [-0.2, 0) is 11.2 Å². The summed E-state index contributed by atoms with van der Waals surface area (Å²) in [6.45, 7) is 1.21. The first kappa shape index (κ1) is 16.3. The van der Waals surface area contributed by atoms with Crippen LogP contribution in [0.1, 0.15) is 23.7 Å². The summed E-state index contributed by atoms with van der Waals surface area (Å²) in [4.78, 5) is 11.9.